The zero-order chi connectivity index (χ0) is 26.3. The maximum absolute atomic E-state index is 13.6. The number of carbonyl (C=O) groups is 2. The van der Waals surface area contributed by atoms with Gasteiger partial charge in [-0.1, -0.05) is 73.8 Å². The highest BCUT2D eigenvalue weighted by atomic mass is 35.5. The highest BCUT2D eigenvalue weighted by Gasteiger charge is 2.32. The highest BCUT2D eigenvalue weighted by Crippen LogP contribution is 2.30. The predicted octanol–water partition coefficient (Wildman–Crippen LogP) is 4.65. The number of amides is 2. The van der Waals surface area contributed by atoms with Crippen LogP contribution in [-0.2, 0) is 26.2 Å². The van der Waals surface area contributed by atoms with Crippen LogP contribution >= 0.6 is 23.2 Å². The number of hydrogen-bond donors (Lipinski definition) is 1. The van der Waals surface area contributed by atoms with Crippen molar-refractivity contribution >= 4 is 50.7 Å². The number of nitrogens with zero attached hydrogens (tertiary/aromatic N) is 2. The van der Waals surface area contributed by atoms with Crippen molar-refractivity contribution in [2.45, 2.75) is 46.7 Å². The summed E-state index contributed by atoms with van der Waals surface area (Å²) in [6.07, 6.45) is 1.37. The normalized spacial score (nSPS) is 12.3. The topological polar surface area (TPSA) is 86.8 Å². The van der Waals surface area contributed by atoms with Gasteiger partial charge in [-0.2, -0.15) is 0 Å². The molecule has 0 heterocycles. The predicted molar refractivity (Wildman–Crippen MR) is 142 cm³/mol. The summed E-state index contributed by atoms with van der Waals surface area (Å²) in [4.78, 5) is 28.1. The molecule has 0 aromatic heterocycles. The molecule has 0 aliphatic rings. The fourth-order valence-electron chi connectivity index (χ4n) is 3.51. The van der Waals surface area contributed by atoms with E-state index in [0.29, 0.717) is 18.0 Å². The van der Waals surface area contributed by atoms with Crippen LogP contribution in [0, 0.1) is 12.8 Å². The lowest BCUT2D eigenvalue weighted by atomic mass is 10.1. The molecule has 1 N–H and O–H groups in total. The van der Waals surface area contributed by atoms with Crippen LogP contribution in [0.5, 0.6) is 0 Å². The first-order valence-electron chi connectivity index (χ1n) is 11.4. The van der Waals surface area contributed by atoms with Crippen LogP contribution in [0.4, 0.5) is 5.69 Å². The van der Waals surface area contributed by atoms with E-state index in [1.54, 1.807) is 0 Å². The SMILES string of the molecule is CC[C@H](C(=O)NCC(C)C)N(Cc1ccc(C)cc1)C(=O)CN(c1ccc(Cl)cc1Cl)S(C)(=O)=O. The second-order valence-electron chi connectivity index (χ2n) is 8.94. The Hall–Kier alpha value is -2.29. The van der Waals surface area contributed by atoms with Gasteiger partial charge in [-0.3, -0.25) is 13.9 Å². The monoisotopic (exact) mass is 541 g/mol. The average Bonchev–Trinajstić information content (AvgIpc) is 2.76. The third-order valence-electron chi connectivity index (χ3n) is 5.40. The van der Waals surface area contributed by atoms with Crippen LogP contribution in [0.15, 0.2) is 42.5 Å². The molecule has 1 atom stereocenters. The van der Waals surface area contributed by atoms with E-state index in [4.69, 9.17) is 23.2 Å². The first-order valence-corrected chi connectivity index (χ1v) is 14.0. The summed E-state index contributed by atoms with van der Waals surface area (Å²) in [5.41, 5.74) is 2.03. The van der Waals surface area contributed by atoms with E-state index in [1.165, 1.54) is 23.1 Å². The number of halogens is 2. The van der Waals surface area contributed by atoms with E-state index in [2.05, 4.69) is 5.32 Å². The first-order chi connectivity index (χ1) is 16.3. The Morgan fingerprint density at radius 3 is 2.20 bits per heavy atom. The Kier molecular flexibility index (Phi) is 10.4. The summed E-state index contributed by atoms with van der Waals surface area (Å²) in [5.74, 6) is -0.559. The van der Waals surface area contributed by atoms with Crippen molar-refractivity contribution in [1.29, 1.82) is 0 Å². The Balaban J connectivity index is 2.44. The molecule has 7 nitrogen and oxygen atoms in total. The van der Waals surface area contributed by atoms with E-state index < -0.39 is 28.5 Å². The maximum atomic E-state index is 13.6. The van der Waals surface area contributed by atoms with E-state index >= 15 is 0 Å². The van der Waals surface area contributed by atoms with E-state index in [1.807, 2.05) is 52.0 Å². The molecule has 2 amide bonds. The molecule has 0 saturated carbocycles. The zero-order valence-corrected chi connectivity index (χ0v) is 23.0. The summed E-state index contributed by atoms with van der Waals surface area (Å²) >= 11 is 12.2. The number of benzene rings is 2. The molecule has 0 unspecified atom stereocenters. The minimum absolute atomic E-state index is 0.0996. The van der Waals surface area contributed by atoms with E-state index in [-0.39, 0.29) is 29.1 Å². The van der Waals surface area contributed by atoms with E-state index in [9.17, 15) is 18.0 Å². The van der Waals surface area contributed by atoms with Gasteiger partial charge in [0.05, 0.1) is 17.0 Å². The molecule has 0 radical (unpaired) electrons. The summed E-state index contributed by atoms with van der Waals surface area (Å²) in [5, 5.41) is 3.33. The van der Waals surface area contributed by atoms with Gasteiger partial charge in [0, 0.05) is 18.1 Å². The van der Waals surface area contributed by atoms with Crippen molar-refractivity contribution in [3.05, 3.63) is 63.6 Å². The number of rotatable bonds is 11. The quantitative estimate of drug-likeness (QED) is 0.448. The third-order valence-corrected chi connectivity index (χ3v) is 7.07. The van der Waals surface area contributed by atoms with Gasteiger partial charge in [-0.15, -0.1) is 0 Å². The molecule has 0 bridgehead atoms. The van der Waals surface area contributed by atoms with Crippen molar-refractivity contribution in [3.63, 3.8) is 0 Å². The Labute approximate surface area is 218 Å². The van der Waals surface area contributed by atoms with Gasteiger partial charge in [0.25, 0.3) is 0 Å². The third kappa shape index (κ3) is 8.40. The summed E-state index contributed by atoms with van der Waals surface area (Å²) < 4.78 is 26.3. The summed E-state index contributed by atoms with van der Waals surface area (Å²) in [6, 6.07) is 11.2. The van der Waals surface area contributed by atoms with Gasteiger partial charge >= 0.3 is 0 Å². The minimum Gasteiger partial charge on any atom is -0.354 e. The first kappa shape index (κ1) is 28.9. The van der Waals surface area contributed by atoms with Crippen molar-refractivity contribution in [2.75, 3.05) is 23.7 Å². The second-order valence-corrected chi connectivity index (χ2v) is 11.7. The van der Waals surface area contributed by atoms with Crippen molar-refractivity contribution in [2.24, 2.45) is 5.92 Å². The van der Waals surface area contributed by atoms with Crippen LogP contribution in [-0.4, -0.2) is 50.5 Å². The molecule has 2 aromatic rings. The minimum atomic E-state index is -3.88. The smallest absolute Gasteiger partial charge is 0.244 e. The summed E-state index contributed by atoms with van der Waals surface area (Å²) in [6.45, 7) is 7.85. The second kappa shape index (κ2) is 12.6. The fraction of sp³-hybridized carbons (Fsp3) is 0.440. The number of aryl methyl sites for hydroxylation is 1. The van der Waals surface area contributed by atoms with Crippen LogP contribution in [0.25, 0.3) is 0 Å². The molecule has 0 saturated heterocycles. The molecule has 0 spiro atoms. The van der Waals surface area contributed by atoms with Gasteiger partial charge in [0.1, 0.15) is 12.6 Å². The molecule has 192 valence electrons. The molecular weight excluding hydrogens is 509 g/mol. The molecule has 2 aromatic carbocycles. The average molecular weight is 543 g/mol. The zero-order valence-electron chi connectivity index (χ0n) is 20.7. The Bertz CT molecular complexity index is 1140. The molecule has 2 rings (SSSR count). The Morgan fingerprint density at radius 2 is 1.69 bits per heavy atom. The van der Waals surface area contributed by atoms with Crippen molar-refractivity contribution < 1.29 is 18.0 Å². The largest absolute Gasteiger partial charge is 0.354 e. The van der Waals surface area contributed by atoms with Crippen LogP contribution in [0.2, 0.25) is 10.0 Å². The van der Waals surface area contributed by atoms with E-state index in [0.717, 1.165) is 21.7 Å². The maximum Gasteiger partial charge on any atom is 0.244 e. The van der Waals surface area contributed by atoms with Crippen molar-refractivity contribution in [1.82, 2.24) is 10.2 Å². The lowest BCUT2D eigenvalue weighted by Crippen LogP contribution is -2.52. The van der Waals surface area contributed by atoms with Crippen molar-refractivity contribution in [3.8, 4) is 0 Å². The number of nitrogens with one attached hydrogen (secondary N) is 1. The van der Waals surface area contributed by atoms with Gasteiger partial charge < -0.3 is 10.2 Å². The van der Waals surface area contributed by atoms with Gasteiger partial charge in [0.2, 0.25) is 21.8 Å². The molecule has 0 fully saturated rings. The van der Waals surface area contributed by atoms with Crippen LogP contribution in [0.1, 0.15) is 38.3 Å². The number of carbonyl (C=O) groups excluding carboxylic acids is 2. The standard InChI is InChI=1S/C25H33Cl2N3O4S/c1-6-22(25(32)28-14-17(2)3)29(15-19-9-7-18(4)8-10-19)24(31)16-30(35(5,33)34)23-12-11-20(26)13-21(23)27/h7-13,17,22H,6,14-16H2,1-5H3,(H,28,32)/t22-/m1/s1. The fourth-order valence-corrected chi connectivity index (χ4v) is 4.93. The van der Waals surface area contributed by atoms with Gasteiger partial charge in [-0.25, -0.2) is 8.42 Å². The molecule has 10 heteroatoms. The molecule has 35 heavy (non-hydrogen) atoms. The number of anilines is 1. The van der Waals surface area contributed by atoms with Gasteiger partial charge in [0.15, 0.2) is 0 Å². The summed E-state index contributed by atoms with van der Waals surface area (Å²) in [7, 11) is -3.88. The number of sulfonamides is 1. The van der Waals surface area contributed by atoms with Gasteiger partial charge in [-0.05, 0) is 43.0 Å². The highest BCUT2D eigenvalue weighted by molar-refractivity contribution is 7.92. The lowest BCUT2D eigenvalue weighted by Gasteiger charge is -2.33. The lowest BCUT2D eigenvalue weighted by molar-refractivity contribution is -0.140. The molecule has 0 aliphatic heterocycles. The Morgan fingerprint density at radius 1 is 1.06 bits per heavy atom. The molecular formula is C25H33Cl2N3O4S. The molecule has 0 aliphatic carbocycles. The van der Waals surface area contributed by atoms with Crippen LogP contribution < -0.4 is 9.62 Å². The number of hydrogen-bond acceptors (Lipinski definition) is 4. The van der Waals surface area contributed by atoms with Crippen LogP contribution in [0.3, 0.4) is 0 Å².